The lowest BCUT2D eigenvalue weighted by atomic mass is 9.78. The maximum atomic E-state index is 5.97. The molecule has 3 aliphatic heterocycles. The topological polar surface area (TPSA) is 33.7 Å². The van der Waals surface area contributed by atoms with Crippen LogP contribution in [0.4, 0.5) is 0 Å². The number of benzene rings is 1. The van der Waals surface area contributed by atoms with Gasteiger partial charge >= 0.3 is 0 Å². The van der Waals surface area contributed by atoms with Gasteiger partial charge in [-0.3, -0.25) is 4.90 Å². The molecule has 1 aromatic carbocycles. The molecule has 1 spiro atoms. The molecule has 4 rings (SSSR count). The number of hydrogen-bond acceptors (Lipinski definition) is 4. The van der Waals surface area contributed by atoms with E-state index in [2.05, 4.69) is 22.3 Å². The van der Waals surface area contributed by atoms with Crippen molar-refractivity contribution >= 4 is 0 Å². The average Bonchev–Trinajstić information content (AvgIpc) is 2.77. The Morgan fingerprint density at radius 2 is 1.95 bits per heavy atom. The zero-order chi connectivity index (χ0) is 14.8. The Balaban J connectivity index is 1.48. The Bertz CT molecular complexity index is 526. The lowest BCUT2D eigenvalue weighted by Gasteiger charge is -2.34. The minimum atomic E-state index is 0.564. The summed E-state index contributed by atoms with van der Waals surface area (Å²) < 4.78 is 11.8. The molecule has 0 radical (unpaired) electrons. The monoisotopic (exact) mass is 302 g/mol. The van der Waals surface area contributed by atoms with Gasteiger partial charge in [0.1, 0.15) is 0 Å². The Hall–Kier alpha value is -1.26. The third kappa shape index (κ3) is 2.82. The number of nitrogens with one attached hydrogen (secondary N) is 1. The van der Waals surface area contributed by atoms with Crippen LogP contribution in [-0.4, -0.2) is 44.3 Å². The largest absolute Gasteiger partial charge is 0.490 e. The Labute approximate surface area is 132 Å². The van der Waals surface area contributed by atoms with E-state index in [0.717, 1.165) is 37.7 Å². The van der Waals surface area contributed by atoms with E-state index in [-0.39, 0.29) is 0 Å². The first-order valence-corrected chi connectivity index (χ1v) is 8.65. The van der Waals surface area contributed by atoms with E-state index in [1.165, 1.54) is 51.0 Å². The predicted molar refractivity (Wildman–Crippen MR) is 86.5 cm³/mol. The maximum Gasteiger partial charge on any atom is 0.165 e. The van der Waals surface area contributed by atoms with Gasteiger partial charge in [0.05, 0.1) is 13.2 Å². The summed E-state index contributed by atoms with van der Waals surface area (Å²) in [4.78, 5) is 2.61. The smallest absolute Gasteiger partial charge is 0.165 e. The van der Waals surface area contributed by atoms with E-state index in [1.54, 1.807) is 0 Å². The third-order valence-corrected chi connectivity index (χ3v) is 5.43. The van der Waals surface area contributed by atoms with Gasteiger partial charge in [-0.1, -0.05) is 12.1 Å². The number of nitrogens with zero attached hydrogens (tertiary/aromatic N) is 1. The van der Waals surface area contributed by atoms with Gasteiger partial charge in [-0.25, -0.2) is 0 Å². The van der Waals surface area contributed by atoms with Gasteiger partial charge in [-0.15, -0.1) is 0 Å². The van der Waals surface area contributed by atoms with Crippen molar-refractivity contribution in [3.8, 4) is 11.5 Å². The van der Waals surface area contributed by atoms with Crippen molar-refractivity contribution in [3.05, 3.63) is 23.8 Å². The van der Waals surface area contributed by atoms with Crippen LogP contribution in [0.1, 0.15) is 31.2 Å². The van der Waals surface area contributed by atoms with E-state index in [4.69, 9.17) is 9.47 Å². The minimum absolute atomic E-state index is 0.564. The van der Waals surface area contributed by atoms with Crippen LogP contribution in [0.2, 0.25) is 0 Å². The highest BCUT2D eigenvalue weighted by atomic mass is 16.5. The van der Waals surface area contributed by atoms with Crippen molar-refractivity contribution in [2.45, 2.75) is 32.2 Å². The third-order valence-electron chi connectivity index (χ3n) is 5.43. The highest BCUT2D eigenvalue weighted by Crippen LogP contribution is 2.40. The Morgan fingerprint density at radius 3 is 2.86 bits per heavy atom. The number of fused-ring (bicyclic) bond motifs is 1. The molecule has 22 heavy (non-hydrogen) atoms. The molecular formula is C18H26N2O2. The zero-order valence-electron chi connectivity index (χ0n) is 13.3. The van der Waals surface area contributed by atoms with E-state index in [1.807, 2.05) is 6.07 Å². The maximum absolute atomic E-state index is 5.97. The summed E-state index contributed by atoms with van der Waals surface area (Å²) in [5, 5.41) is 3.49. The van der Waals surface area contributed by atoms with E-state index in [0.29, 0.717) is 5.41 Å². The van der Waals surface area contributed by atoms with Crippen molar-refractivity contribution < 1.29 is 9.47 Å². The summed E-state index contributed by atoms with van der Waals surface area (Å²) in [7, 11) is 0. The van der Waals surface area contributed by atoms with Crippen molar-refractivity contribution in [1.82, 2.24) is 10.2 Å². The van der Waals surface area contributed by atoms with Crippen LogP contribution in [0.25, 0.3) is 0 Å². The van der Waals surface area contributed by atoms with E-state index in [9.17, 15) is 0 Å². The highest BCUT2D eigenvalue weighted by molar-refractivity contribution is 5.47. The molecule has 0 bridgehead atoms. The van der Waals surface area contributed by atoms with Crippen LogP contribution in [0.3, 0.4) is 0 Å². The summed E-state index contributed by atoms with van der Waals surface area (Å²) >= 11 is 0. The summed E-state index contributed by atoms with van der Waals surface area (Å²) in [6.45, 7) is 7.33. The van der Waals surface area contributed by atoms with Crippen LogP contribution < -0.4 is 14.8 Å². The molecule has 4 nitrogen and oxygen atoms in total. The van der Waals surface area contributed by atoms with Crippen LogP contribution in [-0.2, 0) is 6.54 Å². The summed E-state index contributed by atoms with van der Waals surface area (Å²) in [6, 6.07) is 6.32. The van der Waals surface area contributed by atoms with Crippen LogP contribution in [0.5, 0.6) is 11.5 Å². The second-order valence-electron chi connectivity index (χ2n) is 7.01. The van der Waals surface area contributed by atoms with Gasteiger partial charge < -0.3 is 14.8 Å². The summed E-state index contributed by atoms with van der Waals surface area (Å²) in [5.41, 5.74) is 1.85. The fourth-order valence-corrected chi connectivity index (χ4v) is 4.15. The van der Waals surface area contributed by atoms with Crippen molar-refractivity contribution in [2.75, 3.05) is 39.4 Å². The van der Waals surface area contributed by atoms with E-state index < -0.39 is 0 Å². The molecule has 2 fully saturated rings. The van der Waals surface area contributed by atoms with Gasteiger partial charge in [-0.2, -0.15) is 0 Å². The number of para-hydroxylation sites is 1. The van der Waals surface area contributed by atoms with Crippen molar-refractivity contribution in [2.24, 2.45) is 5.41 Å². The van der Waals surface area contributed by atoms with E-state index >= 15 is 0 Å². The molecule has 1 N–H and O–H groups in total. The van der Waals surface area contributed by atoms with Crippen molar-refractivity contribution in [3.63, 3.8) is 0 Å². The second-order valence-corrected chi connectivity index (χ2v) is 7.01. The van der Waals surface area contributed by atoms with Crippen LogP contribution >= 0.6 is 0 Å². The molecule has 0 saturated carbocycles. The molecule has 0 unspecified atom stereocenters. The Morgan fingerprint density at radius 1 is 1.09 bits per heavy atom. The minimum Gasteiger partial charge on any atom is -0.490 e. The predicted octanol–water partition coefficient (Wildman–Crippen LogP) is 2.42. The molecule has 0 amide bonds. The van der Waals surface area contributed by atoms with Crippen LogP contribution in [0.15, 0.2) is 18.2 Å². The fourth-order valence-electron chi connectivity index (χ4n) is 4.15. The lowest BCUT2D eigenvalue weighted by molar-refractivity contribution is 0.193. The molecular weight excluding hydrogens is 276 g/mol. The first kappa shape index (κ1) is 14.3. The number of rotatable bonds is 2. The number of piperidine rings is 1. The molecule has 120 valence electrons. The van der Waals surface area contributed by atoms with Gasteiger partial charge in [0, 0.05) is 25.1 Å². The molecule has 0 aliphatic carbocycles. The fraction of sp³-hybridized carbons (Fsp3) is 0.667. The first-order valence-electron chi connectivity index (χ1n) is 8.65. The molecule has 3 heterocycles. The Kier molecular flexibility index (Phi) is 3.97. The molecule has 0 atom stereocenters. The lowest BCUT2D eigenvalue weighted by Crippen LogP contribution is -2.38. The summed E-state index contributed by atoms with van der Waals surface area (Å²) in [6.07, 6.45) is 4.97. The normalized spacial score (nSPS) is 24.4. The number of hydrogen-bond donors (Lipinski definition) is 1. The van der Waals surface area contributed by atoms with Gasteiger partial charge in [0.2, 0.25) is 0 Å². The molecule has 1 aromatic rings. The first-order chi connectivity index (χ1) is 10.8. The SMILES string of the molecule is c1cc(CN2CCC3(CCNCC3)C2)c2c(c1)OCCCO2. The number of likely N-dealkylation sites (tertiary alicyclic amines) is 1. The molecule has 4 heteroatoms. The molecule has 2 saturated heterocycles. The standard InChI is InChI=1S/C18H26N2O2/c1-3-15(17-16(4-1)21-11-2-12-22-17)13-20-10-7-18(14-20)5-8-19-9-6-18/h1,3-4,19H,2,5-14H2. The number of ether oxygens (including phenoxy) is 2. The summed E-state index contributed by atoms with van der Waals surface area (Å²) in [5.74, 6) is 1.90. The second kappa shape index (κ2) is 6.09. The average molecular weight is 302 g/mol. The van der Waals surface area contributed by atoms with Gasteiger partial charge in [0.15, 0.2) is 11.5 Å². The highest BCUT2D eigenvalue weighted by Gasteiger charge is 2.38. The van der Waals surface area contributed by atoms with Gasteiger partial charge in [-0.05, 0) is 50.4 Å². The molecule has 0 aromatic heterocycles. The molecule has 3 aliphatic rings. The zero-order valence-corrected chi connectivity index (χ0v) is 13.3. The quantitative estimate of drug-likeness (QED) is 0.910. The van der Waals surface area contributed by atoms with Crippen LogP contribution in [0, 0.1) is 5.41 Å². The van der Waals surface area contributed by atoms with Gasteiger partial charge in [0.25, 0.3) is 0 Å². The van der Waals surface area contributed by atoms with Crippen molar-refractivity contribution in [1.29, 1.82) is 0 Å².